The number of anilines is 1. The molecule has 0 saturated heterocycles. The van der Waals surface area contributed by atoms with Crippen molar-refractivity contribution in [2.24, 2.45) is 0 Å². The number of aryl methyl sites for hydroxylation is 1. The maximum atomic E-state index is 12.4. The third kappa shape index (κ3) is 3.03. The molecule has 0 radical (unpaired) electrons. The Kier molecular flexibility index (Phi) is 4.00. The number of pyridine rings is 1. The summed E-state index contributed by atoms with van der Waals surface area (Å²) in [5.41, 5.74) is 2.79. The first-order valence-electron chi connectivity index (χ1n) is 7.59. The van der Waals surface area contributed by atoms with Crippen molar-refractivity contribution in [3.8, 4) is 11.5 Å². The molecule has 4 rings (SSSR count). The first-order valence-corrected chi connectivity index (χ1v) is 8.47. The van der Waals surface area contributed by atoms with Gasteiger partial charge in [-0.25, -0.2) is 0 Å². The smallest absolute Gasteiger partial charge is 0.277 e. The van der Waals surface area contributed by atoms with Gasteiger partial charge in [-0.2, -0.15) is 0 Å². The van der Waals surface area contributed by atoms with E-state index in [1.54, 1.807) is 12.4 Å². The lowest BCUT2D eigenvalue weighted by Gasteiger charge is -2.09. The second-order valence-electron chi connectivity index (χ2n) is 5.41. The minimum absolute atomic E-state index is 0.0360. The predicted molar refractivity (Wildman–Crippen MR) is 90.6 cm³/mol. The normalized spacial score (nSPS) is 17.0. The number of benzene rings is 1. The highest BCUT2D eigenvalue weighted by Crippen LogP contribution is 2.32. The minimum atomic E-state index is -0.264. The first kappa shape index (κ1) is 14.9. The largest absolute Gasteiger partial charge is 0.411 e. The summed E-state index contributed by atoms with van der Waals surface area (Å²) < 4.78 is 5.66. The summed E-state index contributed by atoms with van der Waals surface area (Å²) in [6, 6.07) is 11.5. The molecule has 1 N–H and O–H groups in total. The van der Waals surface area contributed by atoms with Crippen LogP contribution in [-0.4, -0.2) is 26.3 Å². The van der Waals surface area contributed by atoms with Gasteiger partial charge in [-0.1, -0.05) is 30.0 Å². The number of rotatable bonds is 3. The predicted octanol–water partition coefficient (Wildman–Crippen LogP) is 3.18. The molecule has 7 heteroatoms. The third-order valence-corrected chi connectivity index (χ3v) is 4.90. The number of carbonyl (C=O) groups excluding carboxylic acids is 1. The number of carbonyl (C=O) groups is 1. The zero-order valence-electron chi connectivity index (χ0n) is 12.7. The van der Waals surface area contributed by atoms with Crippen LogP contribution in [0.2, 0.25) is 0 Å². The molecular formula is C17H14N4O2S. The summed E-state index contributed by atoms with van der Waals surface area (Å²) >= 11 is 1.30. The number of nitrogens with zero attached hydrogens (tertiary/aromatic N) is 3. The molecular weight excluding hydrogens is 324 g/mol. The van der Waals surface area contributed by atoms with E-state index in [0.29, 0.717) is 11.1 Å². The van der Waals surface area contributed by atoms with Gasteiger partial charge < -0.3 is 9.73 Å². The zero-order chi connectivity index (χ0) is 16.4. The zero-order valence-corrected chi connectivity index (χ0v) is 13.5. The molecule has 120 valence electrons. The second-order valence-corrected chi connectivity index (χ2v) is 6.56. The Morgan fingerprint density at radius 1 is 1.17 bits per heavy atom. The lowest BCUT2D eigenvalue weighted by atomic mass is 10.1. The van der Waals surface area contributed by atoms with Crippen LogP contribution < -0.4 is 5.32 Å². The summed E-state index contributed by atoms with van der Waals surface area (Å²) in [6.07, 6.45) is 4.90. The first-order chi connectivity index (χ1) is 11.8. The number of fused-ring (bicyclic) bond motifs is 1. The highest BCUT2D eigenvalue weighted by atomic mass is 32.2. The molecule has 24 heavy (non-hydrogen) atoms. The summed E-state index contributed by atoms with van der Waals surface area (Å²) in [4.78, 5) is 16.5. The second kappa shape index (κ2) is 6.45. The molecule has 1 amide bonds. The highest BCUT2D eigenvalue weighted by molar-refractivity contribution is 8.00. The number of para-hydroxylation sites is 1. The van der Waals surface area contributed by atoms with Gasteiger partial charge in [-0.05, 0) is 36.6 Å². The number of hydrogen-bond donors (Lipinski definition) is 1. The molecule has 3 heterocycles. The van der Waals surface area contributed by atoms with Gasteiger partial charge in [0.2, 0.25) is 11.8 Å². The average molecular weight is 338 g/mol. The molecule has 2 aromatic heterocycles. The Hall–Kier alpha value is -2.67. The van der Waals surface area contributed by atoms with E-state index in [-0.39, 0.29) is 11.2 Å². The van der Waals surface area contributed by atoms with E-state index >= 15 is 0 Å². The molecule has 1 aromatic carbocycles. The van der Waals surface area contributed by atoms with Gasteiger partial charge in [0.1, 0.15) is 0 Å². The van der Waals surface area contributed by atoms with Crippen molar-refractivity contribution in [3.05, 3.63) is 54.4 Å². The van der Waals surface area contributed by atoms with Crippen molar-refractivity contribution in [3.63, 3.8) is 0 Å². The van der Waals surface area contributed by atoms with Gasteiger partial charge >= 0.3 is 0 Å². The van der Waals surface area contributed by atoms with E-state index in [2.05, 4.69) is 20.5 Å². The van der Waals surface area contributed by atoms with E-state index in [9.17, 15) is 4.79 Å². The molecule has 0 fully saturated rings. The van der Waals surface area contributed by atoms with E-state index in [4.69, 9.17) is 4.42 Å². The fourth-order valence-corrected chi connectivity index (χ4v) is 3.45. The number of nitrogens with one attached hydrogen (secondary N) is 1. The summed E-state index contributed by atoms with van der Waals surface area (Å²) in [6.45, 7) is 0. The molecule has 3 aromatic rings. The minimum Gasteiger partial charge on any atom is -0.411 e. The van der Waals surface area contributed by atoms with Crippen molar-refractivity contribution in [1.29, 1.82) is 0 Å². The van der Waals surface area contributed by atoms with Crippen molar-refractivity contribution in [2.45, 2.75) is 23.3 Å². The SMILES string of the molecule is O=C1Nc2ccccc2CCC1Sc1nnc(-c2cccnc2)o1. The molecule has 0 bridgehead atoms. The van der Waals surface area contributed by atoms with Crippen LogP contribution in [0.3, 0.4) is 0 Å². The van der Waals surface area contributed by atoms with Gasteiger partial charge in [0.15, 0.2) is 0 Å². The van der Waals surface area contributed by atoms with Crippen molar-refractivity contribution < 1.29 is 9.21 Å². The number of thioether (sulfide) groups is 1. The molecule has 6 nitrogen and oxygen atoms in total. The Balaban J connectivity index is 1.50. The Bertz CT molecular complexity index is 866. The third-order valence-electron chi connectivity index (χ3n) is 3.80. The van der Waals surface area contributed by atoms with Crippen LogP contribution in [0.25, 0.3) is 11.5 Å². The van der Waals surface area contributed by atoms with Crippen LogP contribution in [0.15, 0.2) is 58.4 Å². The molecule has 0 aliphatic carbocycles. The molecule has 1 aliphatic rings. The van der Waals surface area contributed by atoms with Gasteiger partial charge in [0, 0.05) is 18.1 Å². The van der Waals surface area contributed by atoms with Gasteiger partial charge in [0.25, 0.3) is 5.22 Å². The van der Waals surface area contributed by atoms with E-state index in [1.165, 1.54) is 11.8 Å². The maximum Gasteiger partial charge on any atom is 0.277 e. The van der Waals surface area contributed by atoms with Crippen molar-refractivity contribution >= 4 is 23.4 Å². The number of hydrogen-bond acceptors (Lipinski definition) is 6. The lowest BCUT2D eigenvalue weighted by Crippen LogP contribution is -2.23. The summed E-state index contributed by atoms with van der Waals surface area (Å²) in [7, 11) is 0. The molecule has 0 saturated carbocycles. The Morgan fingerprint density at radius 2 is 2.08 bits per heavy atom. The fraction of sp³-hybridized carbons (Fsp3) is 0.176. The lowest BCUT2D eigenvalue weighted by molar-refractivity contribution is -0.115. The monoisotopic (exact) mass is 338 g/mol. The Labute approximate surface area is 142 Å². The standard InChI is InChI=1S/C17H14N4O2S/c22-15-14(8-7-11-4-1-2-6-13(11)19-15)24-17-21-20-16(23-17)12-5-3-9-18-10-12/h1-6,9-10,14H,7-8H2,(H,19,22). The van der Waals surface area contributed by atoms with E-state index in [1.807, 2.05) is 36.4 Å². The Morgan fingerprint density at radius 3 is 2.96 bits per heavy atom. The van der Waals surface area contributed by atoms with Crippen LogP contribution in [0.5, 0.6) is 0 Å². The topological polar surface area (TPSA) is 80.9 Å². The summed E-state index contributed by atoms with van der Waals surface area (Å²) in [5, 5.41) is 11.2. The number of amides is 1. The molecule has 1 unspecified atom stereocenters. The van der Waals surface area contributed by atoms with Crippen LogP contribution >= 0.6 is 11.8 Å². The van der Waals surface area contributed by atoms with Gasteiger partial charge in [0.05, 0.1) is 10.8 Å². The average Bonchev–Trinajstić information content (AvgIpc) is 3.02. The molecule has 0 spiro atoms. The van der Waals surface area contributed by atoms with Crippen molar-refractivity contribution in [1.82, 2.24) is 15.2 Å². The molecule has 1 aliphatic heterocycles. The van der Waals surface area contributed by atoms with Gasteiger partial charge in [-0.15, -0.1) is 10.2 Å². The quantitative estimate of drug-likeness (QED) is 0.790. The van der Waals surface area contributed by atoms with Crippen LogP contribution in [0, 0.1) is 0 Å². The number of aromatic nitrogens is 3. The van der Waals surface area contributed by atoms with E-state index in [0.717, 1.165) is 29.7 Å². The van der Waals surface area contributed by atoms with Crippen LogP contribution in [-0.2, 0) is 11.2 Å². The van der Waals surface area contributed by atoms with Gasteiger partial charge in [-0.3, -0.25) is 9.78 Å². The fourth-order valence-electron chi connectivity index (χ4n) is 2.59. The highest BCUT2D eigenvalue weighted by Gasteiger charge is 2.26. The van der Waals surface area contributed by atoms with Crippen molar-refractivity contribution in [2.75, 3.05) is 5.32 Å². The van der Waals surface area contributed by atoms with Crippen LogP contribution in [0.4, 0.5) is 5.69 Å². The van der Waals surface area contributed by atoms with Crippen LogP contribution in [0.1, 0.15) is 12.0 Å². The van der Waals surface area contributed by atoms with E-state index < -0.39 is 0 Å². The summed E-state index contributed by atoms with van der Waals surface area (Å²) in [5.74, 6) is 0.369. The molecule has 1 atom stereocenters. The maximum absolute atomic E-state index is 12.4.